The van der Waals surface area contributed by atoms with E-state index in [4.69, 9.17) is 16.2 Å². The van der Waals surface area contributed by atoms with Gasteiger partial charge in [0.1, 0.15) is 23.3 Å². The number of amides is 1. The van der Waals surface area contributed by atoms with E-state index in [9.17, 15) is 19.6 Å². The Balaban J connectivity index is 1.74. The van der Waals surface area contributed by atoms with Gasteiger partial charge in [-0.25, -0.2) is 14.4 Å². The maximum Gasteiger partial charge on any atom is 0.274 e. The molecule has 6 N–H and O–H groups in total. The van der Waals surface area contributed by atoms with Crippen LogP contribution in [0.2, 0.25) is 0 Å². The molecule has 1 saturated heterocycles. The van der Waals surface area contributed by atoms with Gasteiger partial charge in [-0.2, -0.15) is 5.26 Å². The number of rotatable bonds is 8. The van der Waals surface area contributed by atoms with Gasteiger partial charge >= 0.3 is 0 Å². The highest BCUT2D eigenvalue weighted by atomic mass is 19.1. The average Bonchev–Trinajstić information content (AvgIpc) is 3.36. The summed E-state index contributed by atoms with van der Waals surface area (Å²) >= 11 is 0. The number of allylic oxidation sites excluding steroid dienone is 1. The molecule has 1 aromatic heterocycles. The first kappa shape index (κ1) is 28.2. The van der Waals surface area contributed by atoms with Crippen LogP contribution in [0.25, 0.3) is 11.4 Å². The number of methoxy groups -OCH3 is 1. The van der Waals surface area contributed by atoms with E-state index in [1.54, 1.807) is 31.3 Å². The number of anilines is 2. The standard InChI is InChI=1S/C28H29FN8O3/c1-33-26(17(12-30)13-31)16-6-7-21(23(10-16)37-14-18(32)11-19(37)15-38)36-28(39)22-8-9-34-27(35-22)25-20(29)4-3-5-24(25)40-2/h3-10,12,18-19,38H,11,14-15,30,32H2,1-2H3,(H,36,39). The molecule has 40 heavy (non-hydrogen) atoms. The second-order valence-corrected chi connectivity index (χ2v) is 9.02. The largest absolute Gasteiger partial charge is 0.496 e. The summed E-state index contributed by atoms with van der Waals surface area (Å²) in [5, 5.41) is 22.4. The number of aromatic nitrogens is 2. The Bertz CT molecular complexity index is 1520. The van der Waals surface area contributed by atoms with Crippen molar-refractivity contribution < 1.29 is 19.0 Å². The lowest BCUT2D eigenvalue weighted by Gasteiger charge is -2.28. The number of hydrogen-bond acceptors (Lipinski definition) is 10. The normalized spacial score (nSPS) is 17.4. The molecule has 1 fully saturated rings. The third-order valence-electron chi connectivity index (χ3n) is 6.56. The highest BCUT2D eigenvalue weighted by Gasteiger charge is 2.32. The van der Waals surface area contributed by atoms with Crippen molar-refractivity contribution >= 4 is 23.0 Å². The summed E-state index contributed by atoms with van der Waals surface area (Å²) in [6.45, 7) is 0.282. The van der Waals surface area contributed by atoms with Gasteiger partial charge in [0.2, 0.25) is 0 Å². The van der Waals surface area contributed by atoms with Crippen molar-refractivity contribution in [2.24, 2.45) is 16.5 Å². The van der Waals surface area contributed by atoms with Crippen LogP contribution in [-0.4, -0.2) is 66.1 Å². The number of nitrogens with one attached hydrogen (secondary N) is 1. The molecule has 0 spiro atoms. The van der Waals surface area contributed by atoms with Crippen molar-refractivity contribution in [1.29, 1.82) is 5.26 Å². The zero-order valence-corrected chi connectivity index (χ0v) is 22.0. The molecule has 2 aromatic carbocycles. The summed E-state index contributed by atoms with van der Waals surface area (Å²) in [7, 11) is 2.95. The van der Waals surface area contributed by atoms with Crippen LogP contribution >= 0.6 is 0 Å². The van der Waals surface area contributed by atoms with Crippen LogP contribution in [0.4, 0.5) is 15.8 Å². The van der Waals surface area contributed by atoms with E-state index in [2.05, 4.69) is 20.3 Å². The van der Waals surface area contributed by atoms with E-state index in [0.717, 1.165) is 0 Å². The summed E-state index contributed by atoms with van der Waals surface area (Å²) < 4.78 is 19.9. The number of halogens is 1. The van der Waals surface area contributed by atoms with Crippen LogP contribution in [0.3, 0.4) is 0 Å². The highest BCUT2D eigenvalue weighted by molar-refractivity contribution is 6.16. The van der Waals surface area contributed by atoms with Gasteiger partial charge < -0.3 is 31.5 Å². The minimum absolute atomic E-state index is 0.00388. The number of nitriles is 1. The lowest BCUT2D eigenvalue weighted by molar-refractivity contribution is 0.102. The topological polar surface area (TPSA) is 176 Å². The van der Waals surface area contributed by atoms with Gasteiger partial charge in [0.05, 0.1) is 48.0 Å². The van der Waals surface area contributed by atoms with Gasteiger partial charge in [-0.3, -0.25) is 9.79 Å². The van der Waals surface area contributed by atoms with Crippen molar-refractivity contribution in [2.45, 2.75) is 18.5 Å². The van der Waals surface area contributed by atoms with Gasteiger partial charge in [-0.05, 0) is 36.8 Å². The van der Waals surface area contributed by atoms with Crippen LogP contribution in [-0.2, 0) is 0 Å². The molecule has 4 rings (SSSR count). The number of aliphatic imine (C=N–C) groups is 1. The highest BCUT2D eigenvalue weighted by Crippen LogP contribution is 2.34. The smallest absolute Gasteiger partial charge is 0.274 e. The fourth-order valence-electron chi connectivity index (χ4n) is 4.70. The predicted molar refractivity (Wildman–Crippen MR) is 150 cm³/mol. The maximum atomic E-state index is 14.6. The first-order chi connectivity index (χ1) is 19.3. The minimum atomic E-state index is -0.591. The SMILES string of the molecule is CN=C(C(C#N)=CN)c1ccc(NC(=O)c2ccnc(-c3c(F)cccc3OC)n2)c(N2CC(N)CC2CO)c1. The first-order valence-corrected chi connectivity index (χ1v) is 12.4. The van der Waals surface area contributed by atoms with E-state index in [-0.39, 0.29) is 47.1 Å². The van der Waals surface area contributed by atoms with Gasteiger partial charge in [0.25, 0.3) is 5.91 Å². The number of aliphatic hydroxyl groups excluding tert-OH is 1. The molecule has 0 bridgehead atoms. The Morgan fingerprint density at radius 3 is 2.85 bits per heavy atom. The number of carbonyl (C=O) groups excluding carboxylic acids is 1. The van der Waals surface area contributed by atoms with E-state index in [1.807, 2.05) is 11.0 Å². The molecule has 12 heteroatoms. The van der Waals surface area contributed by atoms with Gasteiger partial charge in [0, 0.05) is 37.6 Å². The number of carbonyl (C=O) groups is 1. The monoisotopic (exact) mass is 544 g/mol. The molecule has 206 valence electrons. The molecular formula is C28H29FN8O3. The van der Waals surface area contributed by atoms with E-state index >= 15 is 0 Å². The number of nitrogens with two attached hydrogens (primary N) is 2. The van der Waals surface area contributed by atoms with Crippen LogP contribution in [0.1, 0.15) is 22.5 Å². The average molecular weight is 545 g/mol. The van der Waals surface area contributed by atoms with Gasteiger partial charge in [-0.1, -0.05) is 12.1 Å². The second kappa shape index (κ2) is 12.3. The number of aliphatic hydroxyl groups is 1. The van der Waals surface area contributed by atoms with Crippen molar-refractivity contribution in [2.75, 3.05) is 37.5 Å². The Morgan fingerprint density at radius 2 is 2.17 bits per heavy atom. The summed E-state index contributed by atoms with van der Waals surface area (Å²) in [5.74, 6) is -0.939. The third-order valence-corrected chi connectivity index (χ3v) is 6.56. The summed E-state index contributed by atoms with van der Waals surface area (Å²) in [6.07, 6.45) is 3.09. The molecule has 2 atom stereocenters. The fraction of sp³-hybridized carbons (Fsp3) is 0.250. The lowest BCUT2D eigenvalue weighted by Crippen LogP contribution is -2.34. The summed E-state index contributed by atoms with van der Waals surface area (Å²) in [6, 6.07) is 12.4. The van der Waals surface area contributed by atoms with Gasteiger partial charge in [-0.15, -0.1) is 0 Å². The van der Waals surface area contributed by atoms with Crippen LogP contribution in [0.5, 0.6) is 5.75 Å². The number of nitrogens with zero attached hydrogens (tertiary/aromatic N) is 5. The van der Waals surface area contributed by atoms with Crippen molar-refractivity contribution in [3.8, 4) is 23.2 Å². The molecule has 1 aliphatic heterocycles. The predicted octanol–water partition coefficient (Wildman–Crippen LogP) is 2.23. The van der Waals surface area contributed by atoms with Crippen LogP contribution < -0.4 is 26.4 Å². The Morgan fingerprint density at radius 1 is 1.38 bits per heavy atom. The molecule has 1 aliphatic rings. The molecule has 11 nitrogen and oxygen atoms in total. The molecular weight excluding hydrogens is 515 g/mol. The first-order valence-electron chi connectivity index (χ1n) is 12.4. The number of benzene rings is 2. The molecule has 0 aliphatic carbocycles. The quantitative estimate of drug-likeness (QED) is 0.245. The molecule has 0 saturated carbocycles. The van der Waals surface area contributed by atoms with Gasteiger partial charge in [0.15, 0.2) is 5.82 Å². The maximum absolute atomic E-state index is 14.6. The molecule has 1 amide bonds. The lowest BCUT2D eigenvalue weighted by atomic mass is 10.0. The Hall–Kier alpha value is -4.86. The van der Waals surface area contributed by atoms with Crippen LogP contribution in [0, 0.1) is 17.1 Å². The molecule has 3 aromatic rings. The number of ether oxygens (including phenoxy) is 1. The molecule has 2 unspecified atom stereocenters. The second-order valence-electron chi connectivity index (χ2n) is 9.02. The number of hydrogen-bond donors (Lipinski definition) is 4. The summed E-state index contributed by atoms with van der Waals surface area (Å²) in [5.41, 5.74) is 14.0. The zero-order valence-electron chi connectivity index (χ0n) is 22.0. The Labute approximate surface area is 230 Å². The molecule has 0 radical (unpaired) electrons. The summed E-state index contributed by atoms with van der Waals surface area (Å²) in [4.78, 5) is 27.9. The van der Waals surface area contributed by atoms with Crippen molar-refractivity contribution in [3.05, 3.63) is 77.5 Å². The van der Waals surface area contributed by atoms with E-state index < -0.39 is 11.7 Å². The van der Waals surface area contributed by atoms with Crippen molar-refractivity contribution in [3.63, 3.8) is 0 Å². The zero-order chi connectivity index (χ0) is 28.8. The third kappa shape index (κ3) is 5.61. The van der Waals surface area contributed by atoms with Crippen LogP contribution in [0.15, 0.2) is 65.4 Å². The minimum Gasteiger partial charge on any atom is -0.496 e. The van der Waals surface area contributed by atoms with E-state index in [0.29, 0.717) is 35.6 Å². The Kier molecular flexibility index (Phi) is 8.68. The van der Waals surface area contributed by atoms with E-state index in [1.165, 1.54) is 37.7 Å². The van der Waals surface area contributed by atoms with Crippen molar-refractivity contribution in [1.82, 2.24) is 9.97 Å². The molecule has 2 heterocycles. The fourth-order valence-corrected chi connectivity index (χ4v) is 4.70.